The minimum Gasteiger partial charge on any atom is -0.326 e. The van der Waals surface area contributed by atoms with E-state index in [4.69, 9.17) is 0 Å². The van der Waals surface area contributed by atoms with E-state index in [1.807, 2.05) is 34.9 Å². The number of carbonyl (C=O) groups is 2. The van der Waals surface area contributed by atoms with E-state index in [9.17, 15) is 14.0 Å². The topological polar surface area (TPSA) is 76.9 Å². The van der Waals surface area contributed by atoms with Crippen molar-refractivity contribution in [2.24, 2.45) is 0 Å². The van der Waals surface area contributed by atoms with Gasteiger partial charge < -0.3 is 5.32 Å². The Balaban J connectivity index is 1.52. The van der Waals surface area contributed by atoms with Crippen LogP contribution in [-0.2, 0) is 4.79 Å². The number of aromatic nitrogens is 3. The van der Waals surface area contributed by atoms with E-state index in [2.05, 4.69) is 15.5 Å². The minimum atomic E-state index is -0.662. The highest BCUT2D eigenvalue weighted by atomic mass is 32.2. The Morgan fingerprint density at radius 1 is 1.17 bits per heavy atom. The van der Waals surface area contributed by atoms with Gasteiger partial charge in [-0.3, -0.25) is 14.2 Å². The predicted octanol–water partition coefficient (Wildman–Crippen LogP) is 4.22. The highest BCUT2D eigenvalue weighted by Crippen LogP contribution is 2.41. The Morgan fingerprint density at radius 3 is 2.59 bits per heavy atom. The molecule has 2 aromatic carbocycles. The van der Waals surface area contributed by atoms with Gasteiger partial charge >= 0.3 is 0 Å². The maximum Gasteiger partial charge on any atom is 0.221 e. The highest BCUT2D eigenvalue weighted by Gasteiger charge is 2.31. The van der Waals surface area contributed by atoms with Crippen LogP contribution in [-0.4, -0.2) is 32.2 Å². The molecular weight excluding hydrogens is 391 g/mol. The normalized spacial score (nSPS) is 13.3. The molecular formula is C21H19FN4O2S. The number of halogens is 1. The lowest BCUT2D eigenvalue weighted by atomic mass is 10.1. The van der Waals surface area contributed by atoms with E-state index in [0.717, 1.165) is 30.4 Å². The molecule has 0 atom stereocenters. The number of carbonyl (C=O) groups excluding carboxylic acids is 2. The molecule has 0 saturated heterocycles. The first-order chi connectivity index (χ1) is 14.0. The van der Waals surface area contributed by atoms with Gasteiger partial charge in [-0.15, -0.1) is 10.2 Å². The van der Waals surface area contributed by atoms with Gasteiger partial charge in [0.2, 0.25) is 5.91 Å². The third-order valence-electron chi connectivity index (χ3n) is 4.54. The largest absolute Gasteiger partial charge is 0.326 e. The standard InChI is InChI=1S/C21H19FN4O2S/c1-13(27)23-15-9-10-17(18(22)11-15)19(28)12-29-21-25-24-20(14-7-8-14)26(21)16-5-3-2-4-6-16/h2-6,9-11,14H,7-8,12H2,1H3,(H,23,27). The molecule has 4 rings (SSSR count). The zero-order valence-corrected chi connectivity index (χ0v) is 16.6. The van der Waals surface area contributed by atoms with Gasteiger partial charge in [-0.1, -0.05) is 30.0 Å². The minimum absolute atomic E-state index is 0.0141. The van der Waals surface area contributed by atoms with Crippen molar-refractivity contribution in [2.75, 3.05) is 11.1 Å². The molecule has 0 bridgehead atoms. The van der Waals surface area contributed by atoms with Crippen LogP contribution in [0.15, 0.2) is 53.7 Å². The molecule has 1 heterocycles. The van der Waals surface area contributed by atoms with E-state index in [0.29, 0.717) is 16.8 Å². The van der Waals surface area contributed by atoms with Gasteiger partial charge in [0.05, 0.1) is 11.3 Å². The average molecular weight is 410 g/mol. The van der Waals surface area contributed by atoms with Gasteiger partial charge in [0.25, 0.3) is 0 Å². The summed E-state index contributed by atoms with van der Waals surface area (Å²) in [5.41, 5.74) is 1.25. The molecule has 148 valence electrons. The first kappa shape index (κ1) is 19.3. The quantitative estimate of drug-likeness (QED) is 0.466. The molecule has 6 nitrogen and oxygen atoms in total. The summed E-state index contributed by atoms with van der Waals surface area (Å²) in [6.07, 6.45) is 2.17. The van der Waals surface area contributed by atoms with Gasteiger partial charge in [0.15, 0.2) is 10.9 Å². The number of amides is 1. The van der Waals surface area contributed by atoms with Crippen LogP contribution in [0.25, 0.3) is 5.69 Å². The molecule has 1 N–H and O–H groups in total. The number of hydrogen-bond acceptors (Lipinski definition) is 5. The molecule has 1 aromatic heterocycles. The van der Waals surface area contributed by atoms with E-state index >= 15 is 0 Å². The summed E-state index contributed by atoms with van der Waals surface area (Å²) in [7, 11) is 0. The molecule has 1 amide bonds. The summed E-state index contributed by atoms with van der Waals surface area (Å²) in [4.78, 5) is 23.7. The summed E-state index contributed by atoms with van der Waals surface area (Å²) < 4.78 is 16.3. The first-order valence-electron chi connectivity index (χ1n) is 9.27. The van der Waals surface area contributed by atoms with Crippen molar-refractivity contribution in [1.29, 1.82) is 0 Å². The van der Waals surface area contributed by atoms with Crippen LogP contribution in [0.4, 0.5) is 10.1 Å². The lowest BCUT2D eigenvalue weighted by molar-refractivity contribution is -0.114. The fourth-order valence-electron chi connectivity index (χ4n) is 3.03. The molecule has 1 saturated carbocycles. The number of rotatable bonds is 7. The van der Waals surface area contributed by atoms with Crippen molar-refractivity contribution in [1.82, 2.24) is 14.8 Å². The average Bonchev–Trinajstić information content (AvgIpc) is 3.46. The van der Waals surface area contributed by atoms with Crippen molar-refractivity contribution in [3.8, 4) is 5.69 Å². The zero-order chi connectivity index (χ0) is 20.4. The highest BCUT2D eigenvalue weighted by molar-refractivity contribution is 7.99. The molecule has 8 heteroatoms. The number of Topliss-reactive ketones (excluding diaryl/α,β-unsaturated/α-hetero) is 1. The van der Waals surface area contributed by atoms with E-state index in [-0.39, 0.29) is 23.0 Å². The molecule has 29 heavy (non-hydrogen) atoms. The number of thioether (sulfide) groups is 1. The molecule has 3 aromatic rings. The fraction of sp³-hybridized carbons (Fsp3) is 0.238. The first-order valence-corrected chi connectivity index (χ1v) is 10.3. The van der Waals surface area contributed by atoms with Crippen molar-refractivity contribution < 1.29 is 14.0 Å². The maximum atomic E-state index is 14.3. The third-order valence-corrected chi connectivity index (χ3v) is 5.47. The SMILES string of the molecule is CC(=O)Nc1ccc(C(=O)CSc2nnc(C3CC3)n2-c2ccccc2)c(F)c1. The second-order valence-electron chi connectivity index (χ2n) is 6.87. The van der Waals surface area contributed by atoms with Crippen molar-refractivity contribution >= 4 is 29.1 Å². The molecule has 0 spiro atoms. The molecule has 0 unspecified atom stereocenters. The van der Waals surface area contributed by atoms with Crippen molar-refractivity contribution in [2.45, 2.75) is 30.8 Å². The summed E-state index contributed by atoms with van der Waals surface area (Å²) >= 11 is 1.24. The molecule has 1 aliphatic rings. The summed E-state index contributed by atoms with van der Waals surface area (Å²) in [6, 6.07) is 13.8. The Labute approximate surface area is 171 Å². The van der Waals surface area contributed by atoms with Crippen molar-refractivity contribution in [3.63, 3.8) is 0 Å². The number of hydrogen-bond donors (Lipinski definition) is 1. The number of anilines is 1. The van der Waals surface area contributed by atoms with Crippen LogP contribution in [0.3, 0.4) is 0 Å². The molecule has 0 aliphatic heterocycles. The van der Waals surface area contributed by atoms with Crippen LogP contribution in [0.1, 0.15) is 41.9 Å². The molecule has 0 radical (unpaired) electrons. The van der Waals surface area contributed by atoms with Gasteiger partial charge in [0.1, 0.15) is 11.6 Å². The van der Waals surface area contributed by atoms with Gasteiger partial charge in [0, 0.05) is 24.2 Å². The lowest BCUT2D eigenvalue weighted by Crippen LogP contribution is -2.10. The maximum absolute atomic E-state index is 14.3. The molecule has 1 fully saturated rings. The van der Waals surface area contributed by atoms with Crippen LogP contribution >= 0.6 is 11.8 Å². The number of nitrogens with one attached hydrogen (secondary N) is 1. The Kier molecular flexibility index (Phi) is 5.44. The summed E-state index contributed by atoms with van der Waals surface area (Å²) in [6.45, 7) is 1.34. The smallest absolute Gasteiger partial charge is 0.221 e. The summed E-state index contributed by atoms with van der Waals surface area (Å²) in [5, 5.41) is 11.7. The lowest BCUT2D eigenvalue weighted by Gasteiger charge is -2.10. The van der Waals surface area contributed by atoms with Gasteiger partial charge in [-0.2, -0.15) is 0 Å². The number of benzene rings is 2. The van der Waals surface area contributed by atoms with Crippen LogP contribution < -0.4 is 5.32 Å². The third kappa shape index (κ3) is 4.37. The van der Waals surface area contributed by atoms with Crippen molar-refractivity contribution in [3.05, 3.63) is 65.7 Å². The second-order valence-corrected chi connectivity index (χ2v) is 7.82. The van der Waals surface area contributed by atoms with E-state index < -0.39 is 5.82 Å². The Hall–Kier alpha value is -3.00. The predicted molar refractivity (Wildman–Crippen MR) is 109 cm³/mol. The van der Waals surface area contributed by atoms with Crippen LogP contribution in [0.5, 0.6) is 0 Å². The van der Waals surface area contributed by atoms with Gasteiger partial charge in [-0.25, -0.2) is 4.39 Å². The molecule has 1 aliphatic carbocycles. The number of nitrogens with zero attached hydrogens (tertiary/aromatic N) is 3. The zero-order valence-electron chi connectivity index (χ0n) is 15.8. The summed E-state index contributed by atoms with van der Waals surface area (Å²) in [5.74, 6) is 0.0169. The number of ketones is 1. The van der Waals surface area contributed by atoms with Gasteiger partial charge in [-0.05, 0) is 43.2 Å². The monoisotopic (exact) mass is 410 g/mol. The Morgan fingerprint density at radius 2 is 1.93 bits per heavy atom. The van der Waals surface area contributed by atoms with E-state index in [1.54, 1.807) is 0 Å². The Bertz CT molecular complexity index is 1060. The van der Waals surface area contributed by atoms with Crippen LogP contribution in [0, 0.1) is 5.82 Å². The number of para-hydroxylation sites is 1. The van der Waals surface area contributed by atoms with Crippen LogP contribution in [0.2, 0.25) is 0 Å². The fourth-order valence-corrected chi connectivity index (χ4v) is 3.87. The van der Waals surface area contributed by atoms with E-state index in [1.165, 1.54) is 30.8 Å². The second kappa shape index (κ2) is 8.16.